The van der Waals surface area contributed by atoms with Crippen LogP contribution in [-0.4, -0.2) is 34.3 Å². The van der Waals surface area contributed by atoms with Crippen LogP contribution in [0.5, 0.6) is 5.88 Å². The molecule has 0 radical (unpaired) electrons. The molecule has 1 aliphatic rings. The van der Waals surface area contributed by atoms with E-state index < -0.39 is 12.1 Å². The van der Waals surface area contributed by atoms with Gasteiger partial charge in [-0.15, -0.1) is 0 Å². The number of aromatic nitrogens is 3. The molecule has 6 nitrogen and oxygen atoms in total. The predicted octanol–water partition coefficient (Wildman–Crippen LogP) is 1.89. The van der Waals surface area contributed by atoms with Crippen LogP contribution in [-0.2, 0) is 6.18 Å². The molecule has 21 heavy (non-hydrogen) atoms. The lowest BCUT2D eigenvalue weighted by Crippen LogP contribution is -2.19. The third-order valence-electron chi connectivity index (χ3n) is 2.97. The Hall–Kier alpha value is -2.16. The first kappa shape index (κ1) is 13.8. The van der Waals surface area contributed by atoms with Crippen molar-refractivity contribution < 1.29 is 22.4 Å². The fourth-order valence-electron chi connectivity index (χ4n) is 1.94. The Morgan fingerprint density at radius 3 is 2.76 bits per heavy atom. The van der Waals surface area contributed by atoms with Crippen molar-refractivity contribution in [2.45, 2.75) is 18.7 Å². The van der Waals surface area contributed by atoms with Crippen molar-refractivity contribution in [2.24, 2.45) is 0 Å². The molecule has 0 bridgehead atoms. The summed E-state index contributed by atoms with van der Waals surface area (Å²) in [6, 6.07) is 3.10. The molecule has 2 aromatic rings. The monoisotopic (exact) mass is 300 g/mol. The second-order valence-corrected chi connectivity index (χ2v) is 4.54. The quantitative estimate of drug-likeness (QED) is 0.933. The second kappa shape index (κ2) is 5.32. The van der Waals surface area contributed by atoms with Crippen molar-refractivity contribution >= 4 is 0 Å². The van der Waals surface area contributed by atoms with E-state index in [0.717, 1.165) is 19.5 Å². The Morgan fingerprint density at radius 2 is 2.19 bits per heavy atom. The van der Waals surface area contributed by atoms with Gasteiger partial charge in [0.2, 0.25) is 11.7 Å². The van der Waals surface area contributed by atoms with Crippen LogP contribution in [0.25, 0.3) is 11.4 Å². The Bertz CT molecular complexity index is 606. The third-order valence-corrected chi connectivity index (χ3v) is 2.97. The summed E-state index contributed by atoms with van der Waals surface area (Å²) in [7, 11) is 0. The minimum Gasteiger partial charge on any atom is -0.473 e. The average Bonchev–Trinajstić information content (AvgIpc) is 3.09. The van der Waals surface area contributed by atoms with E-state index in [2.05, 4.69) is 25.0 Å². The van der Waals surface area contributed by atoms with Crippen LogP contribution in [0.4, 0.5) is 13.2 Å². The van der Waals surface area contributed by atoms with E-state index in [1.807, 2.05) is 0 Å². The summed E-state index contributed by atoms with van der Waals surface area (Å²) in [5.41, 5.74) is 0.325. The first-order valence-corrected chi connectivity index (χ1v) is 6.27. The van der Waals surface area contributed by atoms with Gasteiger partial charge in [0.15, 0.2) is 0 Å². The van der Waals surface area contributed by atoms with Gasteiger partial charge >= 0.3 is 12.1 Å². The molecule has 9 heteroatoms. The minimum atomic E-state index is -4.66. The fraction of sp³-hybridized carbons (Fsp3) is 0.417. The van der Waals surface area contributed by atoms with Crippen LogP contribution in [0.15, 0.2) is 22.9 Å². The smallest absolute Gasteiger partial charge is 0.471 e. The third kappa shape index (κ3) is 3.13. The molecule has 0 amide bonds. The van der Waals surface area contributed by atoms with Gasteiger partial charge < -0.3 is 14.6 Å². The van der Waals surface area contributed by atoms with Gasteiger partial charge in [-0.1, -0.05) is 5.16 Å². The van der Waals surface area contributed by atoms with E-state index >= 15 is 0 Å². The van der Waals surface area contributed by atoms with Crippen LogP contribution in [0.3, 0.4) is 0 Å². The molecule has 2 aromatic heterocycles. The molecule has 1 N–H and O–H groups in total. The highest BCUT2D eigenvalue weighted by Gasteiger charge is 2.38. The molecule has 3 rings (SSSR count). The Balaban J connectivity index is 1.73. The van der Waals surface area contributed by atoms with Crippen molar-refractivity contribution in [3.05, 3.63) is 24.2 Å². The molecule has 3 heterocycles. The van der Waals surface area contributed by atoms with Crippen molar-refractivity contribution in [1.29, 1.82) is 0 Å². The zero-order chi connectivity index (χ0) is 14.9. The van der Waals surface area contributed by atoms with E-state index in [-0.39, 0.29) is 11.9 Å². The number of hydrogen-bond acceptors (Lipinski definition) is 6. The van der Waals surface area contributed by atoms with E-state index in [4.69, 9.17) is 4.74 Å². The summed E-state index contributed by atoms with van der Waals surface area (Å²) < 4.78 is 46.9. The minimum absolute atomic E-state index is 0.0605. The number of nitrogens with one attached hydrogen (secondary N) is 1. The number of ether oxygens (including phenoxy) is 1. The standard InChI is InChI=1S/C12H11F3N4O2/c13-12(14,15)11-18-10(19-21-11)7-1-2-9(17-5-7)20-8-3-4-16-6-8/h1-2,5,8,16H,3-4,6H2. The van der Waals surface area contributed by atoms with Crippen LogP contribution >= 0.6 is 0 Å². The summed E-state index contributed by atoms with van der Waals surface area (Å²) >= 11 is 0. The summed E-state index contributed by atoms with van der Waals surface area (Å²) in [6.45, 7) is 1.65. The van der Waals surface area contributed by atoms with Crippen LogP contribution in [0.2, 0.25) is 0 Å². The maximum atomic E-state index is 12.4. The Labute approximate surface area is 117 Å². The van der Waals surface area contributed by atoms with Crippen LogP contribution in [0.1, 0.15) is 12.3 Å². The Morgan fingerprint density at radius 1 is 1.33 bits per heavy atom. The van der Waals surface area contributed by atoms with Gasteiger partial charge in [0, 0.05) is 24.4 Å². The average molecular weight is 300 g/mol. The normalized spacial score (nSPS) is 18.9. The maximum absolute atomic E-state index is 12.4. The lowest BCUT2D eigenvalue weighted by atomic mass is 10.2. The topological polar surface area (TPSA) is 73.1 Å². The molecule has 1 aliphatic heterocycles. The number of rotatable bonds is 3. The van der Waals surface area contributed by atoms with E-state index in [0.29, 0.717) is 11.4 Å². The molecule has 1 saturated heterocycles. The first-order valence-electron chi connectivity index (χ1n) is 6.27. The molecule has 1 unspecified atom stereocenters. The second-order valence-electron chi connectivity index (χ2n) is 4.54. The zero-order valence-electron chi connectivity index (χ0n) is 10.7. The zero-order valence-corrected chi connectivity index (χ0v) is 10.7. The van der Waals surface area contributed by atoms with Crippen LogP contribution < -0.4 is 10.1 Å². The van der Waals surface area contributed by atoms with Crippen molar-refractivity contribution in [1.82, 2.24) is 20.4 Å². The van der Waals surface area contributed by atoms with Gasteiger partial charge in [-0.2, -0.15) is 18.2 Å². The molecular formula is C12H11F3N4O2. The van der Waals surface area contributed by atoms with Crippen molar-refractivity contribution in [2.75, 3.05) is 13.1 Å². The molecule has 0 spiro atoms. The van der Waals surface area contributed by atoms with Gasteiger partial charge in [0.25, 0.3) is 0 Å². The lowest BCUT2D eigenvalue weighted by Gasteiger charge is -2.10. The molecular weight excluding hydrogens is 289 g/mol. The summed E-state index contributed by atoms with van der Waals surface area (Å²) in [5.74, 6) is -1.13. The Kier molecular flexibility index (Phi) is 3.50. The van der Waals surface area contributed by atoms with Gasteiger partial charge in [-0.05, 0) is 19.0 Å². The van der Waals surface area contributed by atoms with E-state index in [1.165, 1.54) is 12.3 Å². The predicted molar refractivity (Wildman–Crippen MR) is 64.4 cm³/mol. The number of pyridine rings is 1. The van der Waals surface area contributed by atoms with Gasteiger partial charge in [0.1, 0.15) is 6.10 Å². The largest absolute Gasteiger partial charge is 0.473 e. The van der Waals surface area contributed by atoms with Crippen LogP contribution in [0, 0.1) is 0 Å². The van der Waals surface area contributed by atoms with Gasteiger partial charge in [-0.3, -0.25) is 0 Å². The number of nitrogens with zero attached hydrogens (tertiary/aromatic N) is 3. The molecule has 1 atom stereocenters. The van der Waals surface area contributed by atoms with Gasteiger partial charge in [0.05, 0.1) is 0 Å². The molecule has 0 aliphatic carbocycles. The summed E-state index contributed by atoms with van der Waals surface area (Å²) in [5, 5.41) is 6.44. The maximum Gasteiger partial charge on any atom is 0.471 e. The SMILES string of the molecule is FC(F)(F)c1nc(-c2ccc(OC3CCNC3)nc2)no1. The molecule has 0 aromatic carbocycles. The van der Waals surface area contributed by atoms with Crippen molar-refractivity contribution in [3.8, 4) is 17.3 Å². The number of alkyl halides is 3. The molecule has 0 saturated carbocycles. The number of hydrogen-bond donors (Lipinski definition) is 1. The summed E-state index contributed by atoms with van der Waals surface area (Å²) in [6.07, 6.45) is -2.35. The van der Waals surface area contributed by atoms with Gasteiger partial charge in [-0.25, -0.2) is 4.98 Å². The summed E-state index contributed by atoms with van der Waals surface area (Å²) in [4.78, 5) is 7.33. The van der Waals surface area contributed by atoms with E-state index in [9.17, 15) is 13.2 Å². The lowest BCUT2D eigenvalue weighted by molar-refractivity contribution is -0.159. The molecule has 1 fully saturated rings. The van der Waals surface area contributed by atoms with E-state index in [1.54, 1.807) is 6.07 Å². The van der Waals surface area contributed by atoms with Crippen molar-refractivity contribution in [3.63, 3.8) is 0 Å². The fourth-order valence-corrected chi connectivity index (χ4v) is 1.94. The first-order chi connectivity index (χ1) is 10.0. The highest BCUT2D eigenvalue weighted by Crippen LogP contribution is 2.29. The highest BCUT2D eigenvalue weighted by atomic mass is 19.4. The highest BCUT2D eigenvalue weighted by molar-refractivity contribution is 5.53. The number of halogens is 3. The molecule has 112 valence electrons.